The van der Waals surface area contributed by atoms with E-state index in [4.69, 9.17) is 0 Å². The molecule has 8 heteroatoms. The van der Waals surface area contributed by atoms with Crippen molar-refractivity contribution in [2.75, 3.05) is 6.26 Å². The quantitative estimate of drug-likeness (QED) is 0.278. The zero-order valence-electron chi connectivity index (χ0n) is 26.8. The predicted octanol–water partition coefficient (Wildman–Crippen LogP) is 6.46. The maximum absolute atomic E-state index is 14.3. The molecule has 0 aromatic heterocycles. The van der Waals surface area contributed by atoms with Gasteiger partial charge in [0.15, 0.2) is 11.6 Å². The van der Waals surface area contributed by atoms with Gasteiger partial charge >= 0.3 is 0 Å². The second-order valence-corrected chi connectivity index (χ2v) is 17.5. The van der Waals surface area contributed by atoms with Crippen LogP contribution in [0.1, 0.15) is 113 Å². The van der Waals surface area contributed by atoms with Crippen molar-refractivity contribution in [1.82, 2.24) is 5.32 Å². The number of ketones is 2. The van der Waals surface area contributed by atoms with Gasteiger partial charge in [0.25, 0.3) is 10.0 Å². The topological polar surface area (TPSA) is 116 Å². The van der Waals surface area contributed by atoms with Crippen LogP contribution in [0.4, 0.5) is 0 Å². The van der Waals surface area contributed by atoms with E-state index in [0.717, 1.165) is 69.6 Å². The van der Waals surface area contributed by atoms with Crippen LogP contribution in [0.25, 0.3) is 0 Å². The number of hydrogen-bond donors (Lipinski definition) is 1. The summed E-state index contributed by atoms with van der Waals surface area (Å²) in [6.07, 6.45) is 13.5. The molecule has 0 unspecified atom stereocenters. The third-order valence-electron chi connectivity index (χ3n) is 12.9. The number of allylic oxidation sites excluding steroid dienone is 4. The molecule has 7 nitrogen and oxygen atoms in total. The molecule has 0 bridgehead atoms. The van der Waals surface area contributed by atoms with Gasteiger partial charge < -0.3 is 5.32 Å². The lowest BCUT2D eigenvalue weighted by molar-refractivity contribution is -0.141. The van der Waals surface area contributed by atoms with Crippen molar-refractivity contribution in [1.29, 1.82) is 5.26 Å². The van der Waals surface area contributed by atoms with Gasteiger partial charge in [-0.05, 0) is 93.0 Å². The molecule has 0 heterocycles. The lowest BCUT2D eigenvalue weighted by atomic mass is 9.38. The summed E-state index contributed by atoms with van der Waals surface area (Å²) in [4.78, 5) is 27.6. The van der Waals surface area contributed by atoms with Crippen molar-refractivity contribution in [3.05, 3.63) is 23.3 Å². The number of nitrogens with one attached hydrogen (secondary N) is 1. The number of nitrogens with zero attached hydrogens (tertiary/aromatic N) is 2. The highest BCUT2D eigenvalue weighted by molar-refractivity contribution is 7.89. The Balaban J connectivity index is 1.57. The first kappa shape index (κ1) is 31.2. The van der Waals surface area contributed by atoms with Crippen LogP contribution in [0.2, 0.25) is 0 Å². The van der Waals surface area contributed by atoms with E-state index < -0.39 is 26.4 Å². The van der Waals surface area contributed by atoms with E-state index in [1.807, 2.05) is 12.2 Å². The molecule has 6 atom stereocenters. The summed E-state index contributed by atoms with van der Waals surface area (Å²) in [5, 5.41) is 13.5. The fraction of sp³-hybridized carbons (Fsp3) is 0.765. The predicted molar refractivity (Wildman–Crippen MR) is 165 cm³/mol. The number of Topliss-reactive ketones (excluding diaryl/α,β-unsaturated/α-hetero) is 1. The third kappa shape index (κ3) is 4.64. The first-order valence-electron chi connectivity index (χ1n) is 15.8. The number of hydrogen-bond acceptors (Lipinski definition) is 5. The lowest BCUT2D eigenvalue weighted by Crippen LogP contribution is -2.64. The Hall–Kier alpha value is -2.27. The molecule has 0 aromatic rings. The lowest BCUT2D eigenvalue weighted by Gasteiger charge is -2.66. The molecule has 42 heavy (non-hydrogen) atoms. The molecular weight excluding hydrogens is 546 g/mol. The molecule has 0 aliphatic heterocycles. The van der Waals surface area contributed by atoms with E-state index in [9.17, 15) is 23.3 Å². The fourth-order valence-corrected chi connectivity index (χ4v) is 10.2. The van der Waals surface area contributed by atoms with Gasteiger partial charge in [-0.3, -0.25) is 9.59 Å². The highest BCUT2D eigenvalue weighted by Gasteiger charge is 2.70. The average Bonchev–Trinajstić information content (AvgIpc) is 3.68. The van der Waals surface area contributed by atoms with Crippen LogP contribution in [0.3, 0.4) is 0 Å². The summed E-state index contributed by atoms with van der Waals surface area (Å²) in [6, 6.07) is 2.21. The van der Waals surface area contributed by atoms with Crippen LogP contribution in [-0.4, -0.2) is 37.6 Å². The molecule has 230 valence electrons. The van der Waals surface area contributed by atoms with E-state index >= 15 is 0 Å². The van der Waals surface area contributed by atoms with Gasteiger partial charge in [-0.25, -0.2) is 8.42 Å². The van der Waals surface area contributed by atoms with Crippen molar-refractivity contribution in [2.45, 2.75) is 118 Å². The summed E-state index contributed by atoms with van der Waals surface area (Å²) < 4.78 is 28.0. The number of fused-ring (bicyclic) bond motifs is 6. The van der Waals surface area contributed by atoms with E-state index in [1.165, 1.54) is 0 Å². The minimum absolute atomic E-state index is 0.0116. The number of amidine groups is 1. The van der Waals surface area contributed by atoms with E-state index in [2.05, 4.69) is 57.3 Å². The van der Waals surface area contributed by atoms with Crippen molar-refractivity contribution < 1.29 is 18.0 Å². The zero-order chi connectivity index (χ0) is 31.1. The second kappa shape index (κ2) is 9.61. The fourth-order valence-electron chi connectivity index (χ4n) is 9.69. The molecule has 0 amide bonds. The maximum Gasteiger partial charge on any atom is 0.251 e. The molecule has 0 aromatic carbocycles. The summed E-state index contributed by atoms with van der Waals surface area (Å²) in [5.74, 6) is 0.418. The summed E-state index contributed by atoms with van der Waals surface area (Å²) in [7, 11) is -3.56. The first-order chi connectivity index (χ1) is 19.3. The smallest absolute Gasteiger partial charge is 0.251 e. The van der Waals surface area contributed by atoms with Gasteiger partial charge in [0, 0.05) is 22.3 Å². The summed E-state index contributed by atoms with van der Waals surface area (Å²) >= 11 is 0. The van der Waals surface area contributed by atoms with Crippen LogP contribution >= 0.6 is 0 Å². The highest BCUT2D eigenvalue weighted by Crippen LogP contribution is 2.74. The molecule has 3 saturated carbocycles. The van der Waals surface area contributed by atoms with Crippen molar-refractivity contribution in [3.8, 4) is 6.07 Å². The van der Waals surface area contributed by atoms with Crippen LogP contribution in [-0.2, 0) is 19.6 Å². The molecule has 5 aliphatic rings. The number of carbonyl (C=O) groups is 2. The Morgan fingerprint density at radius 1 is 1.14 bits per heavy atom. The van der Waals surface area contributed by atoms with E-state index in [0.29, 0.717) is 12.3 Å². The SMILES string of the molecule is CCC(C)(C)CC[C@]1(N/C(C)=N/S(C)(=O)=O)CC[C@]2(C)[C@@H](C1)C(=O)C=C1[C@@]3(C)C=C(C#N)C(=O)C4(CC4)[C@@H]3CC[C@]12C. The zero-order valence-corrected chi connectivity index (χ0v) is 27.6. The Labute approximate surface area is 252 Å². The third-order valence-corrected chi connectivity index (χ3v) is 13.5. The molecular formula is C34H49N3O4S. The van der Waals surface area contributed by atoms with Crippen molar-refractivity contribution >= 4 is 27.4 Å². The van der Waals surface area contributed by atoms with E-state index in [-0.39, 0.29) is 45.2 Å². The number of nitriles is 1. The highest BCUT2D eigenvalue weighted by atomic mass is 32.2. The second-order valence-electron chi connectivity index (χ2n) is 15.8. The van der Waals surface area contributed by atoms with Crippen molar-refractivity contribution in [3.63, 3.8) is 0 Å². The van der Waals surface area contributed by atoms with Crippen molar-refractivity contribution in [2.24, 2.45) is 43.3 Å². The molecule has 1 spiro atoms. The molecule has 0 radical (unpaired) electrons. The van der Waals surface area contributed by atoms with Gasteiger partial charge in [0.05, 0.1) is 11.8 Å². The van der Waals surface area contributed by atoms with Crippen LogP contribution in [0.15, 0.2) is 27.7 Å². The Bertz CT molecular complexity index is 1460. The largest absolute Gasteiger partial charge is 0.368 e. The number of sulfonamides is 1. The normalized spacial score (nSPS) is 39.4. The van der Waals surface area contributed by atoms with Crippen LogP contribution in [0.5, 0.6) is 0 Å². The Kier molecular flexibility index (Phi) is 7.13. The minimum Gasteiger partial charge on any atom is -0.368 e. The Morgan fingerprint density at radius 2 is 1.81 bits per heavy atom. The molecule has 1 N–H and O–H groups in total. The first-order valence-corrected chi connectivity index (χ1v) is 17.6. The van der Waals surface area contributed by atoms with E-state index in [1.54, 1.807) is 6.92 Å². The van der Waals surface area contributed by atoms with Crippen LogP contribution < -0.4 is 5.32 Å². The minimum atomic E-state index is -3.56. The van der Waals surface area contributed by atoms with Gasteiger partial charge in [-0.15, -0.1) is 0 Å². The monoisotopic (exact) mass is 595 g/mol. The molecule has 3 fully saturated rings. The van der Waals surface area contributed by atoms with Gasteiger partial charge in [0.2, 0.25) is 0 Å². The molecule has 5 aliphatic carbocycles. The average molecular weight is 596 g/mol. The van der Waals surface area contributed by atoms with Gasteiger partial charge in [0.1, 0.15) is 11.9 Å². The summed E-state index contributed by atoms with van der Waals surface area (Å²) in [6.45, 7) is 15.2. The standard InChI is InChI=1S/C34H49N3O4S/c1-9-29(3,4)12-14-33(36-22(2)37-42(8,40)41)15-13-31(6)24(20-33)25(38)18-27-30(5)19-23(21-35)28(39)34(16-17-34)26(30)10-11-32(27,31)7/h18-19,24,26H,9-17,20H2,1-8H3,(H,36,37)/t24-,26+,30-,31+,32+,33-/m0/s1. The number of rotatable bonds is 6. The number of carbonyl (C=O) groups excluding carboxylic acids is 2. The summed E-state index contributed by atoms with van der Waals surface area (Å²) in [5.41, 5.74) is -0.415. The molecule has 5 rings (SSSR count). The Morgan fingerprint density at radius 3 is 2.38 bits per heavy atom. The molecule has 0 saturated heterocycles. The van der Waals surface area contributed by atoms with Crippen LogP contribution in [0, 0.1) is 50.2 Å². The van der Waals surface area contributed by atoms with Gasteiger partial charge in [-0.2, -0.15) is 9.66 Å². The maximum atomic E-state index is 14.3. The van der Waals surface area contributed by atoms with Gasteiger partial charge in [-0.1, -0.05) is 59.6 Å².